The highest BCUT2D eigenvalue weighted by Crippen LogP contribution is 2.24. The van der Waals surface area contributed by atoms with Crippen molar-refractivity contribution in [1.82, 2.24) is 10.3 Å². The van der Waals surface area contributed by atoms with Crippen LogP contribution in [0.3, 0.4) is 0 Å². The molecule has 3 aromatic rings. The summed E-state index contributed by atoms with van der Waals surface area (Å²) in [6, 6.07) is 13.0. The first-order chi connectivity index (χ1) is 12.6. The van der Waals surface area contributed by atoms with Crippen LogP contribution in [0.1, 0.15) is 12.0 Å². The van der Waals surface area contributed by atoms with Gasteiger partial charge in [-0.25, -0.2) is 9.29 Å². The highest BCUT2D eigenvalue weighted by atomic mass is 19.1. The van der Waals surface area contributed by atoms with Gasteiger partial charge in [0.25, 0.3) is 5.91 Å². The van der Waals surface area contributed by atoms with E-state index in [2.05, 4.69) is 16.4 Å². The number of nitrogens with one attached hydrogen (secondary N) is 2. The molecule has 2 aromatic carbocycles. The Kier molecular flexibility index (Phi) is 4.26. The minimum atomic E-state index is -0.573. The molecule has 1 saturated heterocycles. The van der Waals surface area contributed by atoms with E-state index in [9.17, 15) is 14.0 Å². The van der Waals surface area contributed by atoms with Gasteiger partial charge >= 0.3 is 0 Å². The summed E-state index contributed by atoms with van der Waals surface area (Å²) in [5.41, 5.74) is 2.51. The van der Waals surface area contributed by atoms with Gasteiger partial charge in [0, 0.05) is 23.6 Å². The van der Waals surface area contributed by atoms with E-state index in [0.29, 0.717) is 6.54 Å². The molecule has 0 radical (unpaired) electrons. The van der Waals surface area contributed by atoms with Crippen LogP contribution in [0.2, 0.25) is 0 Å². The number of amides is 2. The Balaban J connectivity index is 1.41. The molecule has 1 aliphatic heterocycles. The van der Waals surface area contributed by atoms with Crippen LogP contribution in [-0.4, -0.2) is 29.4 Å². The number of nitrogens with zero attached hydrogens (tertiary/aromatic N) is 1. The number of hydrogen-bond acceptors (Lipinski definition) is 3. The number of anilines is 1. The molecule has 0 aliphatic carbocycles. The maximum Gasteiger partial charge on any atom is 0.251 e. The maximum atomic E-state index is 13.4. The van der Waals surface area contributed by atoms with Crippen molar-refractivity contribution in [2.24, 2.45) is 0 Å². The monoisotopic (exact) mass is 351 g/mol. The van der Waals surface area contributed by atoms with E-state index in [0.717, 1.165) is 27.8 Å². The number of carbonyl (C=O) groups is 2. The van der Waals surface area contributed by atoms with Crippen LogP contribution in [0.4, 0.5) is 10.1 Å². The van der Waals surface area contributed by atoms with Gasteiger partial charge in [0.15, 0.2) is 0 Å². The van der Waals surface area contributed by atoms with Crippen molar-refractivity contribution in [1.29, 1.82) is 0 Å². The molecule has 26 heavy (non-hydrogen) atoms. The Labute approximate surface area is 149 Å². The third-order valence-electron chi connectivity index (χ3n) is 4.67. The molecule has 1 fully saturated rings. The van der Waals surface area contributed by atoms with E-state index in [4.69, 9.17) is 0 Å². The van der Waals surface area contributed by atoms with E-state index in [-0.39, 0.29) is 23.9 Å². The fraction of sp³-hybridized carbons (Fsp3) is 0.200. The van der Waals surface area contributed by atoms with Crippen molar-refractivity contribution in [3.05, 3.63) is 66.1 Å². The van der Waals surface area contributed by atoms with Crippen LogP contribution in [0.25, 0.3) is 10.9 Å². The number of hydrogen-bond donors (Lipinski definition) is 2. The van der Waals surface area contributed by atoms with E-state index >= 15 is 0 Å². The lowest BCUT2D eigenvalue weighted by Gasteiger charge is -2.15. The topological polar surface area (TPSA) is 65.2 Å². The summed E-state index contributed by atoms with van der Waals surface area (Å²) in [5.74, 6) is -1.12. The largest absolute Gasteiger partial charge is 0.361 e. The second kappa shape index (κ2) is 6.72. The van der Waals surface area contributed by atoms with Gasteiger partial charge in [-0.1, -0.05) is 24.3 Å². The minimum absolute atomic E-state index is 0.0865. The zero-order chi connectivity index (χ0) is 18.1. The number of fused-ring (bicyclic) bond motifs is 1. The molecule has 2 heterocycles. The van der Waals surface area contributed by atoms with Crippen molar-refractivity contribution in [3.63, 3.8) is 0 Å². The molecular weight excluding hydrogens is 333 g/mol. The van der Waals surface area contributed by atoms with Crippen LogP contribution in [0, 0.1) is 5.82 Å². The van der Waals surface area contributed by atoms with E-state index in [1.54, 1.807) is 6.07 Å². The molecular formula is C20H18FN3O2. The molecule has 0 saturated carbocycles. The fourth-order valence-electron chi connectivity index (χ4n) is 3.40. The summed E-state index contributed by atoms with van der Waals surface area (Å²) in [7, 11) is 0. The van der Waals surface area contributed by atoms with Gasteiger partial charge in [0.2, 0.25) is 5.91 Å². The number of H-pyrrole nitrogens is 1. The number of aromatic amines is 1. The van der Waals surface area contributed by atoms with Crippen LogP contribution < -0.4 is 10.2 Å². The van der Waals surface area contributed by atoms with Crippen molar-refractivity contribution in [2.45, 2.75) is 18.9 Å². The SMILES string of the molecule is O=C1C[C@@H](NCCc2c[nH]c3ccccc23)C(=O)N1c1cccc(F)c1. The summed E-state index contributed by atoms with van der Waals surface area (Å²) < 4.78 is 13.4. The van der Waals surface area contributed by atoms with Gasteiger partial charge in [0.1, 0.15) is 5.82 Å². The Bertz CT molecular complexity index is 982. The predicted octanol–water partition coefficient (Wildman–Crippen LogP) is 2.77. The Hall–Kier alpha value is -2.99. The van der Waals surface area contributed by atoms with E-state index < -0.39 is 11.9 Å². The number of halogens is 1. The van der Waals surface area contributed by atoms with Crippen LogP contribution in [0.15, 0.2) is 54.7 Å². The number of rotatable bonds is 5. The summed E-state index contributed by atoms with van der Waals surface area (Å²) in [6.45, 7) is 0.572. The zero-order valence-electron chi connectivity index (χ0n) is 14.0. The number of aromatic nitrogens is 1. The predicted molar refractivity (Wildman–Crippen MR) is 97.3 cm³/mol. The molecule has 1 atom stereocenters. The molecule has 4 rings (SSSR count). The lowest BCUT2D eigenvalue weighted by Crippen LogP contribution is -2.39. The van der Waals surface area contributed by atoms with Gasteiger partial charge in [0.05, 0.1) is 18.2 Å². The van der Waals surface area contributed by atoms with Crippen molar-refractivity contribution >= 4 is 28.4 Å². The fourth-order valence-corrected chi connectivity index (χ4v) is 3.40. The van der Waals surface area contributed by atoms with Gasteiger partial charge < -0.3 is 10.3 Å². The normalized spacial score (nSPS) is 17.4. The van der Waals surface area contributed by atoms with E-state index in [1.807, 2.05) is 24.4 Å². The Morgan fingerprint density at radius 2 is 2.00 bits per heavy atom. The maximum absolute atomic E-state index is 13.4. The Morgan fingerprint density at radius 3 is 2.85 bits per heavy atom. The summed E-state index contributed by atoms with van der Waals surface area (Å²) in [4.78, 5) is 29.0. The third-order valence-corrected chi connectivity index (χ3v) is 4.67. The number of carbonyl (C=O) groups excluding carboxylic acids is 2. The smallest absolute Gasteiger partial charge is 0.251 e. The van der Waals surface area contributed by atoms with Gasteiger partial charge in [-0.05, 0) is 36.2 Å². The molecule has 1 aliphatic rings. The average Bonchev–Trinajstić information content (AvgIpc) is 3.16. The molecule has 0 unspecified atom stereocenters. The minimum Gasteiger partial charge on any atom is -0.361 e. The molecule has 6 heteroatoms. The first kappa shape index (κ1) is 16.5. The molecule has 1 aromatic heterocycles. The van der Waals surface area contributed by atoms with Crippen molar-refractivity contribution in [3.8, 4) is 0 Å². The van der Waals surface area contributed by atoms with Crippen molar-refractivity contribution in [2.75, 3.05) is 11.4 Å². The van der Waals surface area contributed by atoms with E-state index in [1.165, 1.54) is 18.2 Å². The molecule has 2 N–H and O–H groups in total. The van der Waals surface area contributed by atoms with Crippen molar-refractivity contribution < 1.29 is 14.0 Å². The van der Waals surface area contributed by atoms with Gasteiger partial charge in [-0.3, -0.25) is 9.59 Å². The summed E-state index contributed by atoms with van der Waals surface area (Å²) in [5, 5.41) is 4.32. The molecule has 132 valence electrons. The summed E-state index contributed by atoms with van der Waals surface area (Å²) in [6.07, 6.45) is 2.79. The number of benzene rings is 2. The number of imide groups is 1. The lowest BCUT2D eigenvalue weighted by atomic mass is 10.1. The molecule has 2 amide bonds. The van der Waals surface area contributed by atoms with Crippen LogP contribution >= 0.6 is 0 Å². The molecule has 0 bridgehead atoms. The van der Waals surface area contributed by atoms with Gasteiger partial charge in [-0.15, -0.1) is 0 Å². The number of para-hydroxylation sites is 1. The highest BCUT2D eigenvalue weighted by Gasteiger charge is 2.39. The second-order valence-corrected chi connectivity index (χ2v) is 6.37. The first-order valence-electron chi connectivity index (χ1n) is 8.54. The first-order valence-corrected chi connectivity index (χ1v) is 8.54. The quantitative estimate of drug-likeness (QED) is 0.695. The zero-order valence-corrected chi connectivity index (χ0v) is 14.0. The standard InChI is InChI=1S/C20H18FN3O2/c21-14-4-3-5-15(10-14)24-19(25)11-18(20(24)26)22-9-8-13-12-23-17-7-2-1-6-16(13)17/h1-7,10,12,18,22-23H,8-9,11H2/t18-/m1/s1. The van der Waals surface area contributed by atoms with Gasteiger partial charge in [-0.2, -0.15) is 0 Å². The molecule has 5 nitrogen and oxygen atoms in total. The third kappa shape index (κ3) is 2.99. The second-order valence-electron chi connectivity index (χ2n) is 6.37. The highest BCUT2D eigenvalue weighted by molar-refractivity contribution is 6.22. The molecule has 0 spiro atoms. The van der Waals surface area contributed by atoms with Crippen LogP contribution in [-0.2, 0) is 16.0 Å². The lowest BCUT2D eigenvalue weighted by molar-refractivity contribution is -0.121. The average molecular weight is 351 g/mol. The summed E-state index contributed by atoms with van der Waals surface area (Å²) >= 11 is 0. The Morgan fingerprint density at radius 1 is 1.15 bits per heavy atom. The van der Waals surface area contributed by atoms with Crippen LogP contribution in [0.5, 0.6) is 0 Å².